The Morgan fingerprint density at radius 2 is 2.31 bits per heavy atom. The Labute approximate surface area is 95.7 Å². The van der Waals surface area contributed by atoms with Crippen LogP contribution in [0.15, 0.2) is 29.4 Å². The van der Waals surface area contributed by atoms with Crippen molar-refractivity contribution in [1.82, 2.24) is 0 Å². The molecule has 0 saturated carbocycles. The minimum Gasteiger partial charge on any atom is -0.490 e. The maximum Gasteiger partial charge on any atom is 0.142 e. The van der Waals surface area contributed by atoms with Crippen molar-refractivity contribution in [3.8, 4) is 5.75 Å². The smallest absolute Gasteiger partial charge is 0.142 e. The highest BCUT2D eigenvalue weighted by atomic mass is 16.5. The van der Waals surface area contributed by atoms with Crippen LogP contribution in [0.25, 0.3) is 0 Å². The summed E-state index contributed by atoms with van der Waals surface area (Å²) < 4.78 is 5.74. The second kappa shape index (κ2) is 6.00. The number of nitrogens with zero attached hydrogens (tertiary/aromatic N) is 1. The van der Waals surface area contributed by atoms with Crippen molar-refractivity contribution in [1.29, 1.82) is 0 Å². The Morgan fingerprint density at radius 1 is 1.56 bits per heavy atom. The number of nitrogens with two attached hydrogens (primary N) is 1. The highest BCUT2D eigenvalue weighted by molar-refractivity contribution is 5.80. The number of oxime groups is 1. The average molecular weight is 222 g/mol. The van der Waals surface area contributed by atoms with Crippen molar-refractivity contribution in [2.24, 2.45) is 10.9 Å². The average Bonchev–Trinajstić information content (AvgIpc) is 2.28. The molecule has 88 valence electrons. The molecule has 1 unspecified atom stereocenters. The van der Waals surface area contributed by atoms with E-state index in [0.29, 0.717) is 6.42 Å². The molecule has 3 N–H and O–H groups in total. The zero-order valence-corrected chi connectivity index (χ0v) is 9.68. The van der Waals surface area contributed by atoms with Gasteiger partial charge in [0.15, 0.2) is 0 Å². The zero-order chi connectivity index (χ0) is 12.0. The van der Waals surface area contributed by atoms with E-state index in [2.05, 4.69) is 5.16 Å². The van der Waals surface area contributed by atoms with Crippen LogP contribution in [0.2, 0.25) is 0 Å². The molecule has 1 aromatic carbocycles. The monoisotopic (exact) mass is 222 g/mol. The summed E-state index contributed by atoms with van der Waals surface area (Å²) >= 11 is 0. The zero-order valence-electron chi connectivity index (χ0n) is 9.68. The fraction of sp³-hybridized carbons (Fsp3) is 0.417. The Hall–Kier alpha value is -1.71. The molecule has 1 atom stereocenters. The van der Waals surface area contributed by atoms with Gasteiger partial charge in [-0.3, -0.25) is 0 Å². The molecule has 16 heavy (non-hydrogen) atoms. The van der Waals surface area contributed by atoms with E-state index < -0.39 is 0 Å². The number of hydrogen-bond acceptors (Lipinski definition) is 3. The van der Waals surface area contributed by atoms with Crippen molar-refractivity contribution in [3.05, 3.63) is 29.8 Å². The van der Waals surface area contributed by atoms with E-state index in [1.807, 2.05) is 38.1 Å². The lowest BCUT2D eigenvalue weighted by Gasteiger charge is -2.17. The molecule has 0 aliphatic rings. The van der Waals surface area contributed by atoms with Gasteiger partial charge in [-0.05, 0) is 31.0 Å². The molecule has 0 aromatic heterocycles. The SMILES string of the molecule is CCC(C/C(N)=N/O)Oc1cccc(C)c1. The number of ether oxygens (including phenoxy) is 1. The van der Waals surface area contributed by atoms with Gasteiger partial charge in [-0.2, -0.15) is 0 Å². The molecule has 4 nitrogen and oxygen atoms in total. The lowest BCUT2D eigenvalue weighted by Crippen LogP contribution is -2.24. The van der Waals surface area contributed by atoms with Crippen LogP contribution >= 0.6 is 0 Å². The number of hydrogen-bond donors (Lipinski definition) is 2. The van der Waals surface area contributed by atoms with Crippen LogP contribution in [0.4, 0.5) is 0 Å². The Bertz CT molecular complexity index is 364. The van der Waals surface area contributed by atoms with Gasteiger partial charge in [-0.25, -0.2) is 0 Å². The molecule has 0 radical (unpaired) electrons. The van der Waals surface area contributed by atoms with E-state index in [-0.39, 0.29) is 11.9 Å². The third kappa shape index (κ3) is 3.81. The number of aryl methyl sites for hydroxylation is 1. The van der Waals surface area contributed by atoms with E-state index in [0.717, 1.165) is 17.7 Å². The van der Waals surface area contributed by atoms with Gasteiger partial charge in [0.1, 0.15) is 17.7 Å². The van der Waals surface area contributed by atoms with E-state index in [1.54, 1.807) is 0 Å². The van der Waals surface area contributed by atoms with Crippen LogP contribution in [-0.2, 0) is 0 Å². The second-order valence-electron chi connectivity index (χ2n) is 3.76. The summed E-state index contributed by atoms with van der Waals surface area (Å²) in [5, 5.41) is 11.4. The molecule has 0 fully saturated rings. The molecular formula is C12H18N2O2. The lowest BCUT2D eigenvalue weighted by molar-refractivity contribution is 0.202. The molecule has 0 spiro atoms. The van der Waals surface area contributed by atoms with E-state index in [1.165, 1.54) is 0 Å². The summed E-state index contributed by atoms with van der Waals surface area (Å²) in [4.78, 5) is 0. The minimum atomic E-state index is -0.0577. The topological polar surface area (TPSA) is 67.8 Å². The maximum atomic E-state index is 8.50. The van der Waals surface area contributed by atoms with Gasteiger partial charge in [0.25, 0.3) is 0 Å². The Morgan fingerprint density at radius 3 is 2.88 bits per heavy atom. The van der Waals surface area contributed by atoms with E-state index >= 15 is 0 Å². The van der Waals surface area contributed by atoms with Crippen LogP contribution < -0.4 is 10.5 Å². The molecule has 0 saturated heterocycles. The first-order valence-corrected chi connectivity index (χ1v) is 5.35. The minimum absolute atomic E-state index is 0.0577. The quantitative estimate of drug-likeness (QED) is 0.347. The number of rotatable bonds is 5. The second-order valence-corrected chi connectivity index (χ2v) is 3.76. The molecule has 0 aliphatic carbocycles. The van der Waals surface area contributed by atoms with Gasteiger partial charge in [0.2, 0.25) is 0 Å². The normalized spacial score (nSPS) is 13.5. The number of benzene rings is 1. The van der Waals surface area contributed by atoms with Gasteiger partial charge in [0.05, 0.1) is 0 Å². The summed E-state index contributed by atoms with van der Waals surface area (Å²) in [5.41, 5.74) is 6.60. The van der Waals surface area contributed by atoms with Gasteiger partial charge >= 0.3 is 0 Å². The highest BCUT2D eigenvalue weighted by Crippen LogP contribution is 2.16. The van der Waals surface area contributed by atoms with Crippen LogP contribution in [-0.4, -0.2) is 17.1 Å². The summed E-state index contributed by atoms with van der Waals surface area (Å²) in [7, 11) is 0. The Balaban J connectivity index is 2.63. The molecule has 1 aromatic rings. The molecule has 0 heterocycles. The van der Waals surface area contributed by atoms with Crippen molar-refractivity contribution < 1.29 is 9.94 Å². The van der Waals surface area contributed by atoms with Gasteiger partial charge in [-0.15, -0.1) is 0 Å². The van der Waals surface area contributed by atoms with E-state index in [4.69, 9.17) is 15.7 Å². The van der Waals surface area contributed by atoms with Crippen LogP contribution in [0.3, 0.4) is 0 Å². The summed E-state index contributed by atoms with van der Waals surface area (Å²) in [6.07, 6.45) is 1.18. The summed E-state index contributed by atoms with van der Waals surface area (Å²) in [6, 6.07) is 7.83. The molecular weight excluding hydrogens is 204 g/mol. The molecule has 0 amide bonds. The highest BCUT2D eigenvalue weighted by Gasteiger charge is 2.10. The summed E-state index contributed by atoms with van der Waals surface area (Å²) in [6.45, 7) is 4.02. The fourth-order valence-electron chi connectivity index (χ4n) is 1.42. The third-order valence-corrected chi connectivity index (χ3v) is 2.31. The van der Waals surface area contributed by atoms with Crippen LogP contribution in [0.1, 0.15) is 25.3 Å². The van der Waals surface area contributed by atoms with E-state index in [9.17, 15) is 0 Å². The molecule has 1 rings (SSSR count). The predicted molar refractivity (Wildman–Crippen MR) is 63.9 cm³/mol. The molecule has 0 bridgehead atoms. The standard InChI is InChI=1S/C12H18N2O2/c1-3-10(8-12(13)14-15)16-11-6-4-5-9(2)7-11/h4-7,10,15H,3,8H2,1-2H3,(H2,13,14). The van der Waals surface area contributed by atoms with Crippen molar-refractivity contribution >= 4 is 5.84 Å². The van der Waals surface area contributed by atoms with Crippen molar-refractivity contribution in [2.75, 3.05) is 0 Å². The fourth-order valence-corrected chi connectivity index (χ4v) is 1.42. The van der Waals surface area contributed by atoms with Crippen molar-refractivity contribution in [3.63, 3.8) is 0 Å². The first-order valence-electron chi connectivity index (χ1n) is 5.35. The lowest BCUT2D eigenvalue weighted by atomic mass is 10.2. The molecule has 0 aliphatic heterocycles. The Kier molecular flexibility index (Phi) is 4.64. The first kappa shape index (κ1) is 12.4. The number of amidine groups is 1. The van der Waals surface area contributed by atoms with Gasteiger partial charge in [0, 0.05) is 6.42 Å². The predicted octanol–water partition coefficient (Wildman–Crippen LogP) is 2.29. The van der Waals surface area contributed by atoms with Crippen molar-refractivity contribution in [2.45, 2.75) is 32.8 Å². The molecule has 4 heteroatoms. The maximum absolute atomic E-state index is 8.50. The first-order chi connectivity index (χ1) is 7.65. The largest absolute Gasteiger partial charge is 0.490 e. The summed E-state index contributed by atoms with van der Waals surface area (Å²) in [5.74, 6) is 1.01. The van der Waals surface area contributed by atoms with Gasteiger partial charge < -0.3 is 15.7 Å². The van der Waals surface area contributed by atoms with Gasteiger partial charge in [-0.1, -0.05) is 24.2 Å². The third-order valence-electron chi connectivity index (χ3n) is 2.31. The van der Waals surface area contributed by atoms with Crippen LogP contribution in [0, 0.1) is 6.92 Å². The van der Waals surface area contributed by atoms with Crippen LogP contribution in [0.5, 0.6) is 5.75 Å².